The molecule has 0 fully saturated rings. The Balaban J connectivity index is 0.00000121. The summed E-state index contributed by atoms with van der Waals surface area (Å²) < 4.78 is 0. The van der Waals surface area contributed by atoms with E-state index in [0.29, 0.717) is 0 Å². The first kappa shape index (κ1) is 12.2. The molecule has 0 amide bonds. The molecule has 0 aromatic heterocycles. The Hall–Kier alpha value is 0.247. The number of unbranched alkanes of at least 4 members (excludes halogenated alkanes) is 1. The van der Waals surface area contributed by atoms with E-state index < -0.39 is 0 Å². The molecule has 1 aromatic rings. The minimum atomic E-state index is 0. The molecule has 0 bridgehead atoms. The second-order valence-corrected chi connectivity index (χ2v) is 4.08. The second kappa shape index (κ2) is 7.87. The third kappa shape index (κ3) is 4.99. The van der Waals surface area contributed by atoms with Crippen molar-refractivity contribution < 1.29 is 0 Å². The zero-order valence-electron chi connectivity index (χ0n) is 7.01. The molecule has 0 heterocycles. The van der Waals surface area contributed by atoms with Crippen LogP contribution >= 0.6 is 8.58 Å². The fraction of sp³-hybridized carbons (Fsp3) is 0.400. The fourth-order valence-electron chi connectivity index (χ4n) is 0.966. The van der Waals surface area contributed by atoms with Crippen molar-refractivity contribution in [2.75, 3.05) is 6.16 Å². The predicted octanol–water partition coefficient (Wildman–Crippen LogP) is 2.14. The van der Waals surface area contributed by atoms with E-state index in [4.69, 9.17) is 0 Å². The molecule has 1 aromatic carbocycles. The molecule has 0 radical (unpaired) electrons. The first-order valence-corrected chi connectivity index (χ1v) is 5.43. The van der Waals surface area contributed by atoms with Crippen molar-refractivity contribution in [3.05, 3.63) is 30.3 Å². The van der Waals surface area contributed by atoms with Gasteiger partial charge in [-0.05, 0) is 17.9 Å². The van der Waals surface area contributed by atoms with Crippen molar-refractivity contribution in [3.63, 3.8) is 0 Å². The zero-order valence-corrected chi connectivity index (χ0v) is 8.01. The normalized spacial score (nSPS) is 10.1. The Kier molecular flexibility index (Phi) is 8.04. The molecule has 2 heteroatoms. The van der Waals surface area contributed by atoms with Crippen molar-refractivity contribution in [3.8, 4) is 0 Å². The number of hydrogen-bond acceptors (Lipinski definition) is 0. The summed E-state index contributed by atoms with van der Waals surface area (Å²) in [4.78, 5) is 0. The summed E-state index contributed by atoms with van der Waals surface area (Å²) in [6.07, 6.45) is 4.05. The second-order valence-electron chi connectivity index (χ2n) is 2.65. The van der Waals surface area contributed by atoms with Gasteiger partial charge in [-0.25, -0.2) is 0 Å². The molecule has 1 unspecified atom stereocenters. The van der Waals surface area contributed by atoms with E-state index in [0.717, 1.165) is 8.58 Å². The van der Waals surface area contributed by atoms with E-state index in [1.807, 2.05) is 0 Å². The summed E-state index contributed by atoms with van der Waals surface area (Å²) in [6, 6.07) is 10.7. The van der Waals surface area contributed by atoms with Gasteiger partial charge in [-0.3, -0.25) is 0 Å². The predicted molar refractivity (Wildman–Crippen MR) is 61.3 cm³/mol. The summed E-state index contributed by atoms with van der Waals surface area (Å²) in [5.41, 5.74) is 0. The van der Waals surface area contributed by atoms with Crippen LogP contribution in [0.2, 0.25) is 0 Å². The average molecular weight is 174 g/mol. The first-order chi connectivity index (χ1) is 5.43. The Bertz CT molecular complexity index is 186. The van der Waals surface area contributed by atoms with Gasteiger partial charge in [0.25, 0.3) is 0 Å². The molecule has 0 nitrogen and oxygen atoms in total. The quantitative estimate of drug-likeness (QED) is 0.372. The van der Waals surface area contributed by atoms with Gasteiger partial charge in [0.05, 0.1) is 0 Å². The van der Waals surface area contributed by atoms with E-state index in [2.05, 4.69) is 37.3 Å². The first-order valence-electron chi connectivity index (χ1n) is 4.22. The summed E-state index contributed by atoms with van der Waals surface area (Å²) >= 11 is 0. The Morgan fingerprint density at radius 1 is 1.17 bits per heavy atom. The van der Waals surface area contributed by atoms with Crippen molar-refractivity contribution >= 4 is 32.7 Å². The topological polar surface area (TPSA) is 0 Å². The molecular weight excluding hydrogens is 158 g/mol. The summed E-state index contributed by atoms with van der Waals surface area (Å²) in [6.45, 7) is 2.25. The Labute approximate surface area is 89.1 Å². The number of rotatable bonds is 4. The Morgan fingerprint density at radius 2 is 1.83 bits per heavy atom. The van der Waals surface area contributed by atoms with E-state index in [1.54, 1.807) is 0 Å². The van der Waals surface area contributed by atoms with Crippen LogP contribution in [0.3, 0.4) is 0 Å². The zero-order chi connectivity index (χ0) is 7.94. The van der Waals surface area contributed by atoms with Crippen LogP contribution < -0.4 is 5.30 Å². The minimum absolute atomic E-state index is 0. The van der Waals surface area contributed by atoms with Crippen LogP contribution in [0, 0.1) is 0 Å². The third-order valence-electron chi connectivity index (χ3n) is 1.63. The SMILES string of the molecule is CCCCPc1ccccc1.[LiH]. The molecule has 62 valence electrons. The average Bonchev–Trinajstić information content (AvgIpc) is 2.07. The van der Waals surface area contributed by atoms with Gasteiger partial charge < -0.3 is 0 Å². The van der Waals surface area contributed by atoms with Crippen LogP contribution in [0.15, 0.2) is 30.3 Å². The monoisotopic (exact) mass is 174 g/mol. The molecule has 0 aliphatic heterocycles. The van der Waals surface area contributed by atoms with Gasteiger partial charge in [0.2, 0.25) is 0 Å². The van der Waals surface area contributed by atoms with E-state index in [9.17, 15) is 0 Å². The molecule has 0 saturated carbocycles. The van der Waals surface area contributed by atoms with Gasteiger partial charge in [0.1, 0.15) is 0 Å². The summed E-state index contributed by atoms with van der Waals surface area (Å²) in [7, 11) is 1.01. The van der Waals surface area contributed by atoms with Crippen LogP contribution in [0.25, 0.3) is 0 Å². The molecule has 0 aliphatic rings. The Morgan fingerprint density at radius 3 is 2.42 bits per heavy atom. The van der Waals surface area contributed by atoms with Crippen molar-refractivity contribution in [2.24, 2.45) is 0 Å². The third-order valence-corrected chi connectivity index (χ3v) is 2.98. The van der Waals surface area contributed by atoms with Crippen LogP contribution in [0.4, 0.5) is 0 Å². The maximum absolute atomic E-state index is 2.25. The van der Waals surface area contributed by atoms with Crippen molar-refractivity contribution in [1.82, 2.24) is 0 Å². The molecule has 0 saturated heterocycles. The maximum atomic E-state index is 2.25. The van der Waals surface area contributed by atoms with Gasteiger partial charge in [0, 0.05) is 0 Å². The molecular formula is C10H16LiP. The molecule has 0 N–H and O–H groups in total. The van der Waals surface area contributed by atoms with Crippen LogP contribution in [-0.4, -0.2) is 25.0 Å². The van der Waals surface area contributed by atoms with Gasteiger partial charge >= 0.3 is 18.9 Å². The molecule has 1 rings (SSSR count). The fourth-order valence-corrected chi connectivity index (χ4v) is 2.21. The standard InChI is InChI=1S/C10H15P.Li.H/c1-2-3-9-11-10-7-5-4-6-8-10;;/h4-8,11H,2-3,9H2,1H3;;. The van der Waals surface area contributed by atoms with E-state index in [1.165, 1.54) is 24.3 Å². The molecule has 0 aliphatic carbocycles. The number of hydrogen-bond donors (Lipinski definition) is 0. The molecule has 1 atom stereocenters. The number of benzene rings is 1. The van der Waals surface area contributed by atoms with Crippen LogP contribution in [-0.2, 0) is 0 Å². The van der Waals surface area contributed by atoms with E-state index >= 15 is 0 Å². The van der Waals surface area contributed by atoms with Gasteiger partial charge in [-0.1, -0.05) is 52.3 Å². The summed E-state index contributed by atoms with van der Waals surface area (Å²) in [5.74, 6) is 0. The van der Waals surface area contributed by atoms with Crippen LogP contribution in [0.5, 0.6) is 0 Å². The van der Waals surface area contributed by atoms with Gasteiger partial charge in [-0.15, -0.1) is 0 Å². The van der Waals surface area contributed by atoms with Crippen LogP contribution in [0.1, 0.15) is 19.8 Å². The molecule has 0 spiro atoms. The van der Waals surface area contributed by atoms with Crippen molar-refractivity contribution in [1.29, 1.82) is 0 Å². The molecule has 12 heavy (non-hydrogen) atoms. The van der Waals surface area contributed by atoms with Gasteiger partial charge in [0.15, 0.2) is 0 Å². The van der Waals surface area contributed by atoms with Gasteiger partial charge in [-0.2, -0.15) is 0 Å². The summed E-state index contributed by atoms with van der Waals surface area (Å²) in [5, 5.41) is 1.50. The van der Waals surface area contributed by atoms with Crippen molar-refractivity contribution in [2.45, 2.75) is 19.8 Å². The van der Waals surface area contributed by atoms with E-state index in [-0.39, 0.29) is 18.9 Å².